The minimum absolute atomic E-state index is 0.0265. The zero-order chi connectivity index (χ0) is 38.5. The minimum atomic E-state index is 0.0265. The first-order valence-electron chi connectivity index (χ1n) is 23.8. The summed E-state index contributed by atoms with van der Waals surface area (Å²) >= 11 is 0. The third kappa shape index (κ3) is 22.4. The van der Waals surface area contributed by atoms with E-state index < -0.39 is 0 Å². The van der Waals surface area contributed by atoms with Gasteiger partial charge in [0, 0.05) is 0 Å². The molecule has 0 amide bonds. The number of hydrogen-bond acceptors (Lipinski definition) is 1. The molecule has 0 aliphatic heterocycles. The zero-order valence-electron chi connectivity index (χ0n) is 37.5. The lowest BCUT2D eigenvalue weighted by Gasteiger charge is -2.34. The number of benzene rings is 1. The fourth-order valence-electron chi connectivity index (χ4n) is 9.21. The molecule has 0 fully saturated rings. The lowest BCUT2D eigenvalue weighted by molar-refractivity contribution is 0.441. The lowest BCUT2D eigenvalue weighted by atomic mass is 9.71. The maximum absolute atomic E-state index is 12.1. The van der Waals surface area contributed by atoms with Gasteiger partial charge >= 0.3 is 0 Å². The highest BCUT2D eigenvalue weighted by atomic mass is 16.3. The molecule has 0 saturated heterocycles. The molecule has 0 atom stereocenters. The Balaban J connectivity index is 2.50. The van der Waals surface area contributed by atoms with Crippen LogP contribution in [0.1, 0.15) is 289 Å². The van der Waals surface area contributed by atoms with Crippen LogP contribution < -0.4 is 0 Å². The second kappa shape index (κ2) is 30.3. The predicted molar refractivity (Wildman–Crippen MR) is 237 cm³/mol. The molecule has 0 radical (unpaired) electrons. The predicted octanol–water partition coefficient (Wildman–Crippen LogP) is 17.9. The first kappa shape index (κ1) is 49.0. The Bertz CT molecular complexity index is 897. The highest BCUT2D eigenvalue weighted by molar-refractivity contribution is 5.59. The third-order valence-corrected chi connectivity index (χ3v) is 12.0. The molecule has 0 aliphatic carbocycles. The molecular formula is C51H96O. The molecule has 1 rings (SSSR count). The van der Waals surface area contributed by atoms with Crippen molar-refractivity contribution in [2.24, 2.45) is 0 Å². The summed E-state index contributed by atoms with van der Waals surface area (Å²) in [5, 5.41) is 12.1. The average Bonchev–Trinajstić information content (AvgIpc) is 3.08. The standard InChI is InChI=1S/C51H96O/c1-10-12-14-16-18-20-22-24-26-28-30-32-34-36-38-40-42-45-47(50(4,5)6)44(3)48(51(7,8)9)46(49(45)52)43-41-39-37-35-33-31-29-27-25-23-21-19-17-15-13-11-2/h52H,10-43H2,1-9H3. The van der Waals surface area contributed by atoms with Crippen molar-refractivity contribution in [2.75, 3.05) is 0 Å². The molecule has 52 heavy (non-hydrogen) atoms. The topological polar surface area (TPSA) is 20.2 Å². The van der Waals surface area contributed by atoms with Crippen LogP contribution in [0.2, 0.25) is 0 Å². The summed E-state index contributed by atoms with van der Waals surface area (Å²) in [7, 11) is 0. The van der Waals surface area contributed by atoms with E-state index in [0.717, 1.165) is 12.8 Å². The van der Waals surface area contributed by atoms with Crippen molar-refractivity contribution >= 4 is 0 Å². The van der Waals surface area contributed by atoms with E-state index in [1.807, 2.05) is 0 Å². The second-order valence-corrected chi connectivity index (χ2v) is 19.3. The molecule has 0 heterocycles. The van der Waals surface area contributed by atoms with Crippen molar-refractivity contribution in [2.45, 2.75) is 291 Å². The van der Waals surface area contributed by atoms with Crippen LogP contribution >= 0.6 is 0 Å². The summed E-state index contributed by atoms with van der Waals surface area (Å²) in [6, 6.07) is 0. The Kier molecular flexibility index (Phi) is 28.5. The van der Waals surface area contributed by atoms with Gasteiger partial charge in [-0.15, -0.1) is 0 Å². The van der Waals surface area contributed by atoms with Crippen LogP contribution in [0, 0.1) is 6.92 Å². The van der Waals surface area contributed by atoms with Crippen LogP contribution in [0.25, 0.3) is 0 Å². The summed E-state index contributed by atoms with van der Waals surface area (Å²) in [5.41, 5.74) is 6.90. The maximum atomic E-state index is 12.1. The Hall–Kier alpha value is -0.980. The molecule has 0 bridgehead atoms. The summed E-state index contributed by atoms with van der Waals surface area (Å²) in [4.78, 5) is 0. The van der Waals surface area contributed by atoms with Crippen molar-refractivity contribution in [1.82, 2.24) is 0 Å². The quantitative estimate of drug-likeness (QED) is 0.0702. The van der Waals surface area contributed by atoms with Crippen LogP contribution in [0.4, 0.5) is 0 Å². The molecule has 1 N–H and O–H groups in total. The Labute approximate surface area is 329 Å². The smallest absolute Gasteiger partial charge is 0.122 e. The average molecular weight is 725 g/mol. The number of aromatic hydroxyl groups is 1. The van der Waals surface area contributed by atoms with E-state index >= 15 is 0 Å². The highest BCUT2D eigenvalue weighted by Crippen LogP contribution is 2.45. The maximum Gasteiger partial charge on any atom is 0.122 e. The van der Waals surface area contributed by atoms with E-state index in [1.54, 1.807) is 0 Å². The van der Waals surface area contributed by atoms with E-state index in [1.165, 1.54) is 233 Å². The van der Waals surface area contributed by atoms with Crippen molar-refractivity contribution in [1.29, 1.82) is 0 Å². The van der Waals surface area contributed by atoms with Crippen LogP contribution in [0.3, 0.4) is 0 Å². The zero-order valence-corrected chi connectivity index (χ0v) is 37.5. The summed E-state index contributed by atoms with van der Waals surface area (Å²) < 4.78 is 0. The summed E-state index contributed by atoms with van der Waals surface area (Å²) in [6.07, 6.45) is 46.8. The Morgan fingerprint density at radius 1 is 0.327 bits per heavy atom. The SMILES string of the molecule is CCCCCCCCCCCCCCCCCCc1c(O)c(CCCCCCCCCCCCCCCCCC)c(C(C)(C)C)c(C)c1C(C)(C)C. The van der Waals surface area contributed by atoms with E-state index in [0.29, 0.717) is 5.75 Å². The second-order valence-electron chi connectivity index (χ2n) is 19.3. The van der Waals surface area contributed by atoms with Crippen molar-refractivity contribution in [3.63, 3.8) is 0 Å². The lowest BCUT2D eigenvalue weighted by Crippen LogP contribution is -2.24. The van der Waals surface area contributed by atoms with Gasteiger partial charge in [-0.2, -0.15) is 0 Å². The molecule has 1 aromatic carbocycles. The van der Waals surface area contributed by atoms with E-state index in [-0.39, 0.29) is 10.8 Å². The van der Waals surface area contributed by atoms with Crippen molar-refractivity contribution < 1.29 is 5.11 Å². The van der Waals surface area contributed by atoms with Crippen LogP contribution in [0.5, 0.6) is 5.75 Å². The first-order chi connectivity index (χ1) is 25.0. The van der Waals surface area contributed by atoms with E-state index in [9.17, 15) is 5.11 Å². The van der Waals surface area contributed by atoms with Crippen LogP contribution in [0.15, 0.2) is 0 Å². The molecule has 1 aromatic rings. The number of hydrogen-bond donors (Lipinski definition) is 1. The molecule has 0 aromatic heterocycles. The van der Waals surface area contributed by atoms with Gasteiger partial charge in [0.25, 0.3) is 0 Å². The number of phenolic OH excluding ortho intramolecular Hbond substituents is 1. The van der Waals surface area contributed by atoms with Crippen molar-refractivity contribution in [3.05, 3.63) is 27.8 Å². The van der Waals surface area contributed by atoms with Gasteiger partial charge in [-0.3, -0.25) is 0 Å². The first-order valence-corrected chi connectivity index (χ1v) is 23.8. The Morgan fingerprint density at radius 3 is 0.712 bits per heavy atom. The molecular weight excluding hydrogens is 629 g/mol. The van der Waals surface area contributed by atoms with Gasteiger partial charge in [-0.25, -0.2) is 0 Å². The van der Waals surface area contributed by atoms with E-state index in [4.69, 9.17) is 0 Å². The van der Waals surface area contributed by atoms with Gasteiger partial charge in [0.15, 0.2) is 0 Å². The largest absolute Gasteiger partial charge is 0.507 e. The molecule has 0 spiro atoms. The van der Waals surface area contributed by atoms with E-state index in [2.05, 4.69) is 62.3 Å². The van der Waals surface area contributed by atoms with Gasteiger partial charge in [0.2, 0.25) is 0 Å². The highest BCUT2D eigenvalue weighted by Gasteiger charge is 2.31. The molecule has 1 heteroatoms. The molecule has 0 unspecified atom stereocenters. The van der Waals surface area contributed by atoms with Gasteiger partial charge in [-0.1, -0.05) is 248 Å². The summed E-state index contributed by atoms with van der Waals surface area (Å²) in [6.45, 7) is 21.1. The number of rotatable bonds is 34. The Morgan fingerprint density at radius 2 is 0.519 bits per heavy atom. The van der Waals surface area contributed by atoms with Gasteiger partial charge < -0.3 is 5.11 Å². The van der Waals surface area contributed by atoms with Crippen LogP contribution in [-0.4, -0.2) is 5.11 Å². The van der Waals surface area contributed by atoms with Gasteiger partial charge in [-0.05, 0) is 71.3 Å². The van der Waals surface area contributed by atoms with Gasteiger partial charge in [0.1, 0.15) is 5.75 Å². The van der Waals surface area contributed by atoms with Gasteiger partial charge in [0.05, 0.1) is 0 Å². The van der Waals surface area contributed by atoms with Crippen molar-refractivity contribution in [3.8, 4) is 5.75 Å². The molecule has 0 saturated carbocycles. The molecule has 1 nitrogen and oxygen atoms in total. The minimum Gasteiger partial charge on any atom is -0.507 e. The third-order valence-electron chi connectivity index (χ3n) is 12.0. The van der Waals surface area contributed by atoms with Crippen LogP contribution in [-0.2, 0) is 23.7 Å². The number of unbranched alkanes of at least 4 members (excludes halogenated alkanes) is 30. The fourth-order valence-corrected chi connectivity index (χ4v) is 9.21. The fraction of sp³-hybridized carbons (Fsp3) is 0.882. The molecule has 0 aliphatic rings. The number of phenols is 1. The summed E-state index contributed by atoms with van der Waals surface area (Å²) in [5.74, 6) is 0.655. The monoisotopic (exact) mass is 725 g/mol. The normalized spacial score (nSPS) is 12.3. The molecule has 306 valence electrons.